The summed E-state index contributed by atoms with van der Waals surface area (Å²) in [6.07, 6.45) is 0.824. The molecular weight excluding hydrogens is 677 g/mol. The predicted molar refractivity (Wildman–Crippen MR) is 200 cm³/mol. The van der Waals surface area contributed by atoms with Crippen LogP contribution in [0.2, 0.25) is 0 Å². The maximum Gasteiger partial charge on any atom is 0.339 e. The van der Waals surface area contributed by atoms with Crippen LogP contribution in [0.25, 0.3) is 22.4 Å². The van der Waals surface area contributed by atoms with Gasteiger partial charge in [0, 0.05) is 42.3 Å². The molecule has 0 spiro atoms. The fourth-order valence-electron chi connectivity index (χ4n) is 6.23. The van der Waals surface area contributed by atoms with Gasteiger partial charge in [-0.2, -0.15) is 0 Å². The summed E-state index contributed by atoms with van der Waals surface area (Å²) in [5, 5.41) is 24.8. The van der Waals surface area contributed by atoms with Crippen LogP contribution in [0.5, 0.6) is 0 Å². The van der Waals surface area contributed by atoms with Crippen LogP contribution in [0.4, 0.5) is 10.1 Å². The molecule has 2 aromatic heterocycles. The van der Waals surface area contributed by atoms with Gasteiger partial charge in [0.15, 0.2) is 0 Å². The van der Waals surface area contributed by atoms with E-state index in [0.29, 0.717) is 33.6 Å². The highest BCUT2D eigenvalue weighted by molar-refractivity contribution is 6.12. The van der Waals surface area contributed by atoms with Crippen molar-refractivity contribution in [3.05, 3.63) is 132 Å². The van der Waals surface area contributed by atoms with Gasteiger partial charge >= 0.3 is 11.9 Å². The van der Waals surface area contributed by atoms with E-state index in [1.807, 2.05) is 79.1 Å². The van der Waals surface area contributed by atoms with E-state index in [-0.39, 0.29) is 57.3 Å². The monoisotopic (exact) mass is 721 g/mol. The number of anilines is 1. The summed E-state index contributed by atoms with van der Waals surface area (Å²) in [7, 11) is 0. The van der Waals surface area contributed by atoms with Crippen molar-refractivity contribution in [2.75, 3.05) is 18.5 Å². The number of aliphatic hydroxyl groups excluding tert-OH is 2. The van der Waals surface area contributed by atoms with Crippen molar-refractivity contribution in [2.45, 2.75) is 64.2 Å². The third-order valence-electron chi connectivity index (χ3n) is 8.60. The van der Waals surface area contributed by atoms with Crippen molar-refractivity contribution in [3.63, 3.8) is 0 Å². The third-order valence-corrected chi connectivity index (χ3v) is 8.60. The molecule has 0 saturated heterocycles. The molecule has 1 amide bonds. The van der Waals surface area contributed by atoms with Gasteiger partial charge in [-0.1, -0.05) is 62.4 Å². The number of carbonyl (C=O) groups is 3. The zero-order valence-electron chi connectivity index (χ0n) is 29.8. The van der Waals surface area contributed by atoms with Crippen LogP contribution in [0.15, 0.2) is 109 Å². The quantitative estimate of drug-likeness (QED) is 0.0666. The molecule has 5 aromatic rings. The molecule has 0 saturated carbocycles. The minimum absolute atomic E-state index is 0.00384. The van der Waals surface area contributed by atoms with Crippen LogP contribution < -0.4 is 5.32 Å². The second-order valence-corrected chi connectivity index (χ2v) is 13.0. The second kappa shape index (κ2) is 18.7. The van der Waals surface area contributed by atoms with Gasteiger partial charge in [0.05, 0.1) is 48.7 Å². The maximum absolute atomic E-state index is 14.2. The van der Waals surface area contributed by atoms with Crippen molar-refractivity contribution in [2.24, 2.45) is 0 Å². The van der Waals surface area contributed by atoms with E-state index in [1.165, 1.54) is 18.3 Å². The first-order chi connectivity index (χ1) is 25.6. The number of aromatic nitrogens is 2. The molecule has 53 heavy (non-hydrogen) atoms. The van der Waals surface area contributed by atoms with Gasteiger partial charge in [0.2, 0.25) is 0 Å². The van der Waals surface area contributed by atoms with Crippen LogP contribution in [0, 0.1) is 5.82 Å². The van der Waals surface area contributed by atoms with E-state index in [9.17, 15) is 29.0 Å². The Kier molecular flexibility index (Phi) is 13.6. The molecule has 0 fully saturated rings. The Bertz CT molecular complexity index is 1950. The van der Waals surface area contributed by atoms with E-state index in [4.69, 9.17) is 9.47 Å². The van der Waals surface area contributed by atoms with E-state index >= 15 is 0 Å². The van der Waals surface area contributed by atoms with E-state index < -0.39 is 30.0 Å². The molecule has 276 valence electrons. The Morgan fingerprint density at radius 3 is 2.17 bits per heavy atom. The Hall–Kier alpha value is -5.65. The van der Waals surface area contributed by atoms with Crippen molar-refractivity contribution in [1.29, 1.82) is 0 Å². The Balaban J connectivity index is 1.31. The SMILES string of the molecule is CC(C)c1c(C(=O)Nc2ccccc2)c(-c2ccccc2)c(-c2ccc(F)cc2)n1CC[C@@H](O)C[C@@H](O)CC(=O)OCCCOC(=O)c1cccnc1. The number of nitrogens with zero attached hydrogens (tertiary/aromatic N) is 2. The minimum Gasteiger partial charge on any atom is -0.465 e. The van der Waals surface area contributed by atoms with Crippen LogP contribution >= 0.6 is 0 Å². The average molecular weight is 722 g/mol. The highest BCUT2D eigenvalue weighted by Crippen LogP contribution is 2.42. The number of hydrogen-bond acceptors (Lipinski definition) is 8. The molecule has 2 atom stereocenters. The first-order valence-corrected chi connectivity index (χ1v) is 17.6. The van der Waals surface area contributed by atoms with Crippen molar-refractivity contribution in [1.82, 2.24) is 9.55 Å². The number of esters is 2. The van der Waals surface area contributed by atoms with E-state index in [1.54, 1.807) is 30.5 Å². The molecular formula is C42H44FN3O7. The van der Waals surface area contributed by atoms with Gasteiger partial charge in [-0.25, -0.2) is 9.18 Å². The summed E-state index contributed by atoms with van der Waals surface area (Å²) in [4.78, 5) is 42.5. The van der Waals surface area contributed by atoms with Gasteiger partial charge in [-0.3, -0.25) is 14.6 Å². The van der Waals surface area contributed by atoms with Crippen molar-refractivity contribution < 1.29 is 38.5 Å². The van der Waals surface area contributed by atoms with Crippen LogP contribution in [-0.2, 0) is 20.8 Å². The third kappa shape index (κ3) is 10.5. The molecule has 0 unspecified atom stereocenters. The number of para-hydroxylation sites is 1. The summed E-state index contributed by atoms with van der Waals surface area (Å²) < 4.78 is 26.5. The Labute approximate surface area is 308 Å². The van der Waals surface area contributed by atoms with Crippen LogP contribution in [-0.4, -0.2) is 63.0 Å². The standard InChI is InChI=1S/C42H44FN3O7/c1-28(2)39-38(41(50)45-33-14-7-4-8-15-33)37(29-11-5-3-6-12-29)40(30-16-18-32(43)19-17-30)46(39)22-20-34(47)25-35(48)26-36(49)52-23-10-24-53-42(51)31-13-9-21-44-27-31/h3-9,11-19,21,27-28,34-35,47-48H,10,20,22-26H2,1-2H3,(H,45,50)/t34-,35-/m1/s1. The molecule has 5 rings (SSSR count). The fraction of sp³-hybridized carbons (Fsp3) is 0.286. The number of aliphatic hydroxyl groups is 2. The zero-order chi connectivity index (χ0) is 37.7. The molecule has 2 heterocycles. The highest BCUT2D eigenvalue weighted by Gasteiger charge is 2.31. The smallest absolute Gasteiger partial charge is 0.339 e. The summed E-state index contributed by atoms with van der Waals surface area (Å²) in [5.74, 6) is -2.01. The van der Waals surface area contributed by atoms with Crippen molar-refractivity contribution >= 4 is 23.5 Å². The lowest BCUT2D eigenvalue weighted by molar-refractivity contribution is -0.146. The molecule has 11 heteroatoms. The zero-order valence-corrected chi connectivity index (χ0v) is 29.8. The summed E-state index contributed by atoms with van der Waals surface area (Å²) in [6, 6.07) is 28.0. The largest absolute Gasteiger partial charge is 0.465 e. The summed E-state index contributed by atoms with van der Waals surface area (Å²) in [6.45, 7) is 4.28. The molecule has 10 nitrogen and oxygen atoms in total. The topological polar surface area (TPSA) is 140 Å². The maximum atomic E-state index is 14.2. The molecule has 0 aliphatic carbocycles. The first kappa shape index (κ1) is 38.6. The number of rotatable bonds is 17. The van der Waals surface area contributed by atoms with Gasteiger partial charge < -0.3 is 29.6 Å². The number of nitrogens with one attached hydrogen (secondary N) is 1. The predicted octanol–water partition coefficient (Wildman–Crippen LogP) is 7.41. The normalized spacial score (nSPS) is 12.3. The molecule has 3 aromatic carbocycles. The van der Waals surface area contributed by atoms with Crippen LogP contribution in [0.3, 0.4) is 0 Å². The molecule has 0 radical (unpaired) electrons. The van der Waals surface area contributed by atoms with Gasteiger partial charge in [0.1, 0.15) is 5.82 Å². The van der Waals surface area contributed by atoms with Gasteiger partial charge in [0.25, 0.3) is 5.91 Å². The van der Waals surface area contributed by atoms with Gasteiger partial charge in [-0.15, -0.1) is 0 Å². The Morgan fingerprint density at radius 2 is 1.51 bits per heavy atom. The lowest BCUT2D eigenvalue weighted by atomic mass is 9.94. The van der Waals surface area contributed by atoms with Crippen molar-refractivity contribution in [3.8, 4) is 22.4 Å². The number of pyridine rings is 1. The number of benzene rings is 3. The fourth-order valence-corrected chi connectivity index (χ4v) is 6.23. The van der Waals surface area contributed by atoms with Crippen LogP contribution in [0.1, 0.15) is 71.9 Å². The Morgan fingerprint density at radius 1 is 0.830 bits per heavy atom. The lowest BCUT2D eigenvalue weighted by Gasteiger charge is -2.20. The highest BCUT2D eigenvalue weighted by atomic mass is 19.1. The number of hydrogen-bond donors (Lipinski definition) is 3. The molecule has 0 aliphatic heterocycles. The van der Waals surface area contributed by atoms with E-state index in [2.05, 4.69) is 10.3 Å². The molecule has 3 N–H and O–H groups in total. The van der Waals surface area contributed by atoms with E-state index in [0.717, 1.165) is 11.3 Å². The number of ether oxygens (including phenoxy) is 2. The summed E-state index contributed by atoms with van der Waals surface area (Å²) in [5.41, 5.74) is 5.02. The first-order valence-electron chi connectivity index (χ1n) is 17.6. The lowest BCUT2D eigenvalue weighted by Crippen LogP contribution is -2.24. The molecule has 0 aliphatic rings. The van der Waals surface area contributed by atoms with Gasteiger partial charge in [-0.05, 0) is 78.4 Å². The number of halogens is 1. The second-order valence-electron chi connectivity index (χ2n) is 13.0. The average Bonchev–Trinajstić information content (AvgIpc) is 3.51. The number of carbonyl (C=O) groups excluding carboxylic acids is 3. The minimum atomic E-state index is -1.17. The number of amides is 1. The molecule has 0 bridgehead atoms. The summed E-state index contributed by atoms with van der Waals surface area (Å²) >= 11 is 0.